The Bertz CT molecular complexity index is 1460. The quantitative estimate of drug-likeness (QED) is 0.295. The third kappa shape index (κ3) is 6.90. The number of anilines is 2. The molecule has 0 aromatic heterocycles. The first-order valence-corrected chi connectivity index (χ1v) is 16.4. The number of ether oxygens (including phenoxy) is 2. The molecule has 0 radical (unpaired) electrons. The van der Waals surface area contributed by atoms with Crippen molar-refractivity contribution >= 4 is 29.7 Å². The fraction of sp³-hybridized carbons (Fsp3) is 0.571. The van der Waals surface area contributed by atoms with Crippen molar-refractivity contribution in [2.24, 2.45) is 5.92 Å². The van der Waals surface area contributed by atoms with Gasteiger partial charge in [0.15, 0.2) is 0 Å². The van der Waals surface area contributed by atoms with Crippen molar-refractivity contribution < 1.29 is 23.9 Å². The highest BCUT2D eigenvalue weighted by Gasteiger charge is 2.47. The lowest BCUT2D eigenvalue weighted by Crippen LogP contribution is -2.51. The number of urea groups is 1. The number of carbonyl (C=O) groups excluding carboxylic acids is 3. The molecule has 45 heavy (non-hydrogen) atoms. The molecule has 2 saturated carbocycles. The molecule has 1 heterocycles. The number of nitrogens with zero attached hydrogens (tertiary/aromatic N) is 2. The van der Waals surface area contributed by atoms with E-state index in [1.807, 2.05) is 23.1 Å². The summed E-state index contributed by atoms with van der Waals surface area (Å²) in [6.07, 6.45) is 7.65. The zero-order chi connectivity index (χ0) is 31.8. The minimum Gasteiger partial charge on any atom is -0.494 e. The van der Waals surface area contributed by atoms with E-state index in [9.17, 15) is 14.4 Å². The predicted molar refractivity (Wildman–Crippen MR) is 174 cm³/mol. The number of fused-ring (bicyclic) bond motifs is 1. The first-order valence-electron chi connectivity index (χ1n) is 16.4. The second kappa shape index (κ2) is 12.5. The van der Waals surface area contributed by atoms with Gasteiger partial charge in [-0.3, -0.25) is 14.5 Å². The minimum absolute atomic E-state index is 0.179. The molecule has 3 fully saturated rings. The molecule has 2 aromatic carbocycles. The van der Waals surface area contributed by atoms with E-state index < -0.39 is 5.54 Å². The number of benzene rings is 2. The average molecular weight is 618 g/mol. The van der Waals surface area contributed by atoms with Crippen LogP contribution >= 0.6 is 0 Å². The van der Waals surface area contributed by atoms with E-state index >= 15 is 0 Å². The largest absolute Gasteiger partial charge is 0.494 e. The van der Waals surface area contributed by atoms with Crippen molar-refractivity contribution in [2.75, 3.05) is 57.1 Å². The van der Waals surface area contributed by atoms with E-state index in [1.54, 1.807) is 7.11 Å². The van der Waals surface area contributed by atoms with Gasteiger partial charge in [-0.15, -0.1) is 0 Å². The second-order valence-corrected chi connectivity index (χ2v) is 14.1. The highest BCUT2D eigenvalue weighted by atomic mass is 16.5. The van der Waals surface area contributed by atoms with Crippen LogP contribution in [0.5, 0.6) is 11.5 Å². The van der Waals surface area contributed by atoms with Crippen LogP contribution in [0.4, 0.5) is 16.2 Å². The van der Waals surface area contributed by atoms with Crippen LogP contribution in [0.25, 0.3) is 0 Å². The Morgan fingerprint density at radius 2 is 1.82 bits per heavy atom. The average Bonchev–Trinajstić information content (AvgIpc) is 3.92. The van der Waals surface area contributed by atoms with E-state index in [-0.39, 0.29) is 17.4 Å². The van der Waals surface area contributed by atoms with Crippen LogP contribution in [-0.4, -0.2) is 74.6 Å². The molecule has 0 atom stereocenters. The summed E-state index contributed by atoms with van der Waals surface area (Å²) in [7, 11) is 1.59. The molecule has 4 aliphatic rings. The summed E-state index contributed by atoms with van der Waals surface area (Å²) in [5.74, 6) is 2.36. The van der Waals surface area contributed by atoms with Gasteiger partial charge in [-0.1, -0.05) is 20.8 Å². The van der Waals surface area contributed by atoms with Crippen LogP contribution in [0.15, 0.2) is 24.3 Å². The number of hydrogen-bond donors (Lipinski definition) is 3. The summed E-state index contributed by atoms with van der Waals surface area (Å²) < 4.78 is 12.1. The summed E-state index contributed by atoms with van der Waals surface area (Å²) in [6.45, 7) is 10.7. The topological polar surface area (TPSA) is 112 Å². The van der Waals surface area contributed by atoms with Gasteiger partial charge in [-0.05, 0) is 97.2 Å². The van der Waals surface area contributed by atoms with Crippen molar-refractivity contribution in [3.05, 3.63) is 46.5 Å². The summed E-state index contributed by atoms with van der Waals surface area (Å²) in [5, 5.41) is 9.10. The van der Waals surface area contributed by atoms with E-state index in [0.717, 1.165) is 97.8 Å². The zero-order valence-electron chi connectivity index (χ0n) is 27.1. The van der Waals surface area contributed by atoms with Gasteiger partial charge in [0, 0.05) is 37.4 Å². The third-order valence-corrected chi connectivity index (χ3v) is 9.74. The smallest absolute Gasteiger partial charge is 0.323 e. The Hall–Kier alpha value is -3.79. The summed E-state index contributed by atoms with van der Waals surface area (Å²) in [5.41, 5.74) is 4.86. The standard InChI is InChI=1S/C35H47N5O5/c1-34(2,3)24-18-27(35(12-13-35)36-22-41)32(44-4)29(19-24)38-33(43)37-28-10-11-30(26-7-5-6-25(26)28)45-17-16-39-14-15-40(31(42)21-39)20-23-8-9-23/h10-11,18-19,22-23H,5-9,12-17,20-21H2,1-4H3,(H,36,41)(H2,37,38,43). The maximum atomic E-state index is 13.4. The Labute approximate surface area is 266 Å². The van der Waals surface area contributed by atoms with Gasteiger partial charge in [0.05, 0.1) is 24.9 Å². The van der Waals surface area contributed by atoms with Crippen LogP contribution in [0.1, 0.15) is 75.1 Å². The van der Waals surface area contributed by atoms with E-state index in [0.29, 0.717) is 31.1 Å². The molecule has 0 spiro atoms. The molecule has 6 rings (SSSR count). The van der Waals surface area contributed by atoms with Gasteiger partial charge in [0.1, 0.15) is 18.1 Å². The predicted octanol–water partition coefficient (Wildman–Crippen LogP) is 4.79. The van der Waals surface area contributed by atoms with Crippen LogP contribution in [0.2, 0.25) is 0 Å². The van der Waals surface area contributed by atoms with Crippen molar-refractivity contribution in [2.45, 2.75) is 76.7 Å². The molecule has 10 heteroatoms. The van der Waals surface area contributed by atoms with Crippen LogP contribution in [0.3, 0.4) is 0 Å². The summed E-state index contributed by atoms with van der Waals surface area (Å²) in [4.78, 5) is 41.6. The Balaban J connectivity index is 1.11. The van der Waals surface area contributed by atoms with Crippen LogP contribution < -0.4 is 25.4 Å². The van der Waals surface area contributed by atoms with Crippen molar-refractivity contribution in [3.8, 4) is 11.5 Å². The molecule has 4 amide bonds. The van der Waals surface area contributed by atoms with E-state index in [4.69, 9.17) is 9.47 Å². The zero-order valence-corrected chi connectivity index (χ0v) is 27.1. The molecule has 3 aliphatic carbocycles. The minimum atomic E-state index is -0.474. The van der Waals surface area contributed by atoms with Gasteiger partial charge >= 0.3 is 6.03 Å². The third-order valence-electron chi connectivity index (χ3n) is 9.74. The number of piperazine rings is 1. The lowest BCUT2D eigenvalue weighted by Gasteiger charge is -2.34. The molecule has 3 N–H and O–H groups in total. The highest BCUT2D eigenvalue weighted by Crippen LogP contribution is 2.52. The molecule has 1 aliphatic heterocycles. The van der Waals surface area contributed by atoms with E-state index in [2.05, 4.69) is 47.7 Å². The summed E-state index contributed by atoms with van der Waals surface area (Å²) in [6, 6.07) is 7.55. The molecule has 0 unspecified atom stereocenters. The maximum absolute atomic E-state index is 13.4. The molecule has 1 saturated heterocycles. The monoisotopic (exact) mass is 617 g/mol. The number of rotatable bonds is 12. The first kappa shape index (κ1) is 31.2. The maximum Gasteiger partial charge on any atom is 0.323 e. The normalized spacial score (nSPS) is 19.1. The Morgan fingerprint density at radius 1 is 1.07 bits per heavy atom. The molecule has 10 nitrogen and oxygen atoms in total. The van der Waals surface area contributed by atoms with Crippen molar-refractivity contribution in [1.82, 2.24) is 15.1 Å². The second-order valence-electron chi connectivity index (χ2n) is 14.1. The van der Waals surface area contributed by atoms with Crippen molar-refractivity contribution in [3.63, 3.8) is 0 Å². The molecule has 0 bridgehead atoms. The molecule has 2 aromatic rings. The number of carbonyl (C=O) groups is 3. The van der Waals surface area contributed by atoms with Gasteiger partial charge in [0.25, 0.3) is 0 Å². The van der Waals surface area contributed by atoms with Crippen molar-refractivity contribution in [1.29, 1.82) is 0 Å². The van der Waals surface area contributed by atoms with E-state index in [1.165, 1.54) is 12.8 Å². The van der Waals surface area contributed by atoms with Crippen LogP contribution in [-0.2, 0) is 33.4 Å². The molecular weight excluding hydrogens is 570 g/mol. The Kier molecular flexibility index (Phi) is 8.70. The number of nitrogens with one attached hydrogen (secondary N) is 3. The Morgan fingerprint density at radius 3 is 2.49 bits per heavy atom. The molecular formula is C35H47N5O5. The van der Waals surface area contributed by atoms with Crippen LogP contribution in [0, 0.1) is 5.92 Å². The first-order chi connectivity index (χ1) is 21.6. The highest BCUT2D eigenvalue weighted by molar-refractivity contribution is 6.01. The fourth-order valence-corrected chi connectivity index (χ4v) is 6.70. The number of methoxy groups -OCH3 is 1. The van der Waals surface area contributed by atoms with Gasteiger partial charge in [-0.25, -0.2) is 4.79 Å². The lowest BCUT2D eigenvalue weighted by molar-refractivity contribution is -0.136. The van der Waals surface area contributed by atoms with Gasteiger partial charge < -0.3 is 30.3 Å². The van der Waals surface area contributed by atoms with Gasteiger partial charge in [-0.2, -0.15) is 0 Å². The number of amides is 4. The fourth-order valence-electron chi connectivity index (χ4n) is 6.70. The lowest BCUT2D eigenvalue weighted by atomic mass is 9.84. The SMILES string of the molecule is COc1c(NC(=O)Nc2ccc(OCCN3CCN(CC4CC4)C(=O)C3)c3c2CCC3)cc(C(C)(C)C)cc1C1(NC=O)CC1. The number of hydrogen-bond acceptors (Lipinski definition) is 6. The van der Waals surface area contributed by atoms with Gasteiger partial charge in [0.2, 0.25) is 12.3 Å². The summed E-state index contributed by atoms with van der Waals surface area (Å²) >= 11 is 0. The molecule has 242 valence electrons.